The van der Waals surface area contributed by atoms with Crippen molar-refractivity contribution in [2.75, 3.05) is 7.05 Å². The van der Waals surface area contributed by atoms with Crippen LogP contribution in [0, 0.1) is 5.92 Å². The van der Waals surface area contributed by atoms with E-state index in [1.54, 1.807) is 0 Å². The summed E-state index contributed by atoms with van der Waals surface area (Å²) in [6.45, 7) is 4.27. The molecule has 0 aliphatic heterocycles. The minimum absolute atomic E-state index is 0.157. The lowest BCUT2D eigenvalue weighted by Gasteiger charge is -2.07. The molecule has 0 heterocycles. The molecule has 0 aromatic heterocycles. The van der Waals surface area contributed by atoms with Crippen molar-refractivity contribution in [3.63, 3.8) is 0 Å². The van der Waals surface area contributed by atoms with Crippen LogP contribution >= 0.6 is 0 Å². The lowest BCUT2D eigenvalue weighted by atomic mass is 10.1. The summed E-state index contributed by atoms with van der Waals surface area (Å²) < 4.78 is 0. The molecule has 0 aromatic rings. The van der Waals surface area contributed by atoms with Gasteiger partial charge in [0.05, 0.1) is 0 Å². The van der Waals surface area contributed by atoms with E-state index < -0.39 is 0 Å². The summed E-state index contributed by atoms with van der Waals surface area (Å²) in [6, 6.07) is 0.157. The Morgan fingerprint density at radius 2 is 2.11 bits per heavy atom. The summed E-state index contributed by atoms with van der Waals surface area (Å²) >= 11 is 0. The average Bonchev–Trinajstić information content (AvgIpc) is 1.82. The predicted molar refractivity (Wildman–Crippen MR) is 40.3 cm³/mol. The number of hydrogen-bond acceptors (Lipinski definition) is 1. The SMILES string of the molecule is CN[C@H](C=[OH+])CC(C)C. The van der Waals surface area contributed by atoms with E-state index >= 15 is 0 Å². The highest BCUT2D eigenvalue weighted by Gasteiger charge is 2.08. The highest BCUT2D eigenvalue weighted by molar-refractivity contribution is 5.58. The molecule has 0 spiro atoms. The van der Waals surface area contributed by atoms with Crippen molar-refractivity contribution in [3.05, 3.63) is 0 Å². The van der Waals surface area contributed by atoms with E-state index in [0.717, 1.165) is 6.42 Å². The molecule has 0 bridgehead atoms. The molecule has 0 radical (unpaired) electrons. The lowest BCUT2D eigenvalue weighted by Crippen LogP contribution is -2.28. The molecule has 0 rings (SSSR count). The van der Waals surface area contributed by atoms with E-state index in [4.69, 9.17) is 4.79 Å². The molecule has 0 aromatic carbocycles. The van der Waals surface area contributed by atoms with Gasteiger partial charge in [-0.05, 0) is 19.4 Å². The molecule has 0 aliphatic rings. The largest absolute Gasteiger partial charge is 0.306 e. The summed E-state index contributed by atoms with van der Waals surface area (Å²) in [6.07, 6.45) is 2.20. The highest BCUT2D eigenvalue weighted by Crippen LogP contribution is 2.01. The first kappa shape index (κ1) is 8.63. The fourth-order valence-electron chi connectivity index (χ4n) is 0.761. The Bertz CT molecular complexity index is 81.0. The Hall–Kier alpha value is -0.370. The van der Waals surface area contributed by atoms with E-state index in [1.165, 1.54) is 6.29 Å². The molecule has 0 fully saturated rings. The average molecular weight is 130 g/mol. The molecule has 2 heteroatoms. The molecule has 1 atom stereocenters. The number of aldehydes is 1. The number of hydrogen-bond donors (Lipinski definition) is 1. The van der Waals surface area contributed by atoms with Crippen LogP contribution < -0.4 is 5.32 Å². The van der Waals surface area contributed by atoms with Crippen LogP contribution in [0.1, 0.15) is 20.3 Å². The van der Waals surface area contributed by atoms with E-state index in [0.29, 0.717) is 5.92 Å². The van der Waals surface area contributed by atoms with Gasteiger partial charge >= 0.3 is 0 Å². The second-order valence-electron chi connectivity index (χ2n) is 2.67. The zero-order chi connectivity index (χ0) is 7.28. The second kappa shape index (κ2) is 4.50. The van der Waals surface area contributed by atoms with Crippen LogP contribution in [0.25, 0.3) is 0 Å². The van der Waals surface area contributed by atoms with Gasteiger partial charge in [0.15, 0.2) is 0 Å². The van der Waals surface area contributed by atoms with Gasteiger partial charge in [-0.15, -0.1) is 0 Å². The summed E-state index contributed by atoms with van der Waals surface area (Å²) in [5.74, 6) is 0.630. The summed E-state index contributed by atoms with van der Waals surface area (Å²) in [5.41, 5.74) is 0. The standard InChI is InChI=1S/C7H15NO/c1-6(2)4-7(5-9)8-3/h5-8H,4H2,1-3H3/p+1/t7-/m0/s1. The summed E-state index contributed by atoms with van der Waals surface area (Å²) in [4.78, 5) is 8.59. The molecule has 2 N–H and O–H groups in total. The topological polar surface area (TPSA) is 33.4 Å². The van der Waals surface area contributed by atoms with Crippen molar-refractivity contribution in [2.24, 2.45) is 5.92 Å². The molecule has 0 saturated heterocycles. The van der Waals surface area contributed by atoms with Crippen molar-refractivity contribution in [1.29, 1.82) is 0 Å². The maximum Gasteiger partial charge on any atom is 0.298 e. The minimum Gasteiger partial charge on any atom is -0.306 e. The quantitative estimate of drug-likeness (QED) is 0.443. The molecule has 0 aliphatic carbocycles. The van der Waals surface area contributed by atoms with Crippen LogP contribution in [0.4, 0.5) is 0 Å². The zero-order valence-corrected chi connectivity index (χ0v) is 6.39. The predicted octanol–water partition coefficient (Wildman–Crippen LogP) is 0.795. The summed E-state index contributed by atoms with van der Waals surface area (Å²) in [5, 5.41) is 2.98. The van der Waals surface area contributed by atoms with Crippen molar-refractivity contribution < 1.29 is 4.79 Å². The van der Waals surface area contributed by atoms with Crippen molar-refractivity contribution in [1.82, 2.24) is 5.32 Å². The minimum atomic E-state index is 0.157. The van der Waals surface area contributed by atoms with E-state index in [-0.39, 0.29) is 6.04 Å². The fraction of sp³-hybridized carbons (Fsp3) is 0.857. The van der Waals surface area contributed by atoms with E-state index in [2.05, 4.69) is 19.2 Å². The Kier molecular flexibility index (Phi) is 4.32. The molecular formula is C7H16NO+. The molecule has 9 heavy (non-hydrogen) atoms. The third-order valence-electron chi connectivity index (χ3n) is 1.28. The van der Waals surface area contributed by atoms with Crippen LogP contribution in [0.15, 0.2) is 0 Å². The lowest BCUT2D eigenvalue weighted by molar-refractivity contribution is 0.502. The van der Waals surface area contributed by atoms with E-state index in [9.17, 15) is 0 Å². The Balaban J connectivity index is 3.42. The van der Waals surface area contributed by atoms with Gasteiger partial charge in [-0.25, -0.2) is 0 Å². The van der Waals surface area contributed by atoms with Crippen molar-refractivity contribution in [3.8, 4) is 0 Å². The number of carbonyl (C=O) groups excluding carboxylic acids is 1. The zero-order valence-electron chi connectivity index (χ0n) is 6.39. The van der Waals surface area contributed by atoms with Gasteiger partial charge in [0.25, 0.3) is 6.29 Å². The Morgan fingerprint density at radius 3 is 2.22 bits per heavy atom. The maximum atomic E-state index is 8.59. The van der Waals surface area contributed by atoms with Gasteiger partial charge in [-0.3, -0.25) is 4.79 Å². The number of rotatable bonds is 4. The Labute approximate surface area is 56.6 Å². The normalized spacial score (nSPS) is 13.8. The van der Waals surface area contributed by atoms with Crippen molar-refractivity contribution >= 4 is 6.29 Å². The van der Waals surface area contributed by atoms with Gasteiger partial charge in [0.1, 0.15) is 6.04 Å². The molecule has 54 valence electrons. The van der Waals surface area contributed by atoms with Gasteiger partial charge in [0.2, 0.25) is 0 Å². The van der Waals surface area contributed by atoms with Gasteiger partial charge in [-0.1, -0.05) is 13.8 Å². The fourth-order valence-corrected chi connectivity index (χ4v) is 0.761. The number of likely N-dealkylation sites (N-methyl/N-ethyl adjacent to an activating group) is 1. The van der Waals surface area contributed by atoms with Gasteiger partial charge in [0, 0.05) is 0 Å². The van der Waals surface area contributed by atoms with Gasteiger partial charge < -0.3 is 5.32 Å². The first-order valence-electron chi connectivity index (χ1n) is 3.35. The third-order valence-corrected chi connectivity index (χ3v) is 1.28. The maximum absolute atomic E-state index is 8.59. The van der Waals surface area contributed by atoms with E-state index in [1.807, 2.05) is 7.05 Å². The third kappa shape index (κ3) is 4.15. The molecule has 0 amide bonds. The summed E-state index contributed by atoms with van der Waals surface area (Å²) in [7, 11) is 1.85. The highest BCUT2D eigenvalue weighted by atomic mass is 16.1. The van der Waals surface area contributed by atoms with Crippen LogP contribution in [0.3, 0.4) is 0 Å². The Morgan fingerprint density at radius 1 is 1.56 bits per heavy atom. The first-order chi connectivity index (χ1) is 4.20. The van der Waals surface area contributed by atoms with Crippen LogP contribution in [0.5, 0.6) is 0 Å². The molecule has 0 unspecified atom stereocenters. The molecule has 2 nitrogen and oxygen atoms in total. The molecular weight excluding hydrogens is 114 g/mol. The number of nitrogens with one attached hydrogen (secondary N) is 1. The smallest absolute Gasteiger partial charge is 0.298 e. The monoisotopic (exact) mass is 130 g/mol. The van der Waals surface area contributed by atoms with Crippen molar-refractivity contribution in [2.45, 2.75) is 26.3 Å². The molecule has 0 saturated carbocycles. The van der Waals surface area contributed by atoms with Crippen LogP contribution in [-0.2, 0) is 0 Å². The van der Waals surface area contributed by atoms with Gasteiger partial charge in [-0.2, -0.15) is 0 Å². The second-order valence-corrected chi connectivity index (χ2v) is 2.67. The van der Waals surface area contributed by atoms with Crippen LogP contribution in [0.2, 0.25) is 0 Å². The van der Waals surface area contributed by atoms with Crippen LogP contribution in [-0.4, -0.2) is 24.2 Å². The first-order valence-corrected chi connectivity index (χ1v) is 3.35.